The SMILES string of the molecule is COC1CCN(C(=O)/C=C/CCc2ccc(SC)cc2)CC1. The van der Waals surface area contributed by atoms with Crippen LogP contribution in [0.2, 0.25) is 0 Å². The number of rotatable bonds is 6. The molecule has 1 aromatic rings. The van der Waals surface area contributed by atoms with E-state index in [4.69, 9.17) is 4.74 Å². The fourth-order valence-corrected chi connectivity index (χ4v) is 3.05. The Labute approximate surface area is 137 Å². The molecular weight excluding hydrogens is 294 g/mol. The number of hydrogen-bond acceptors (Lipinski definition) is 3. The summed E-state index contributed by atoms with van der Waals surface area (Å²) < 4.78 is 5.33. The van der Waals surface area contributed by atoms with Crippen LogP contribution in [0, 0.1) is 0 Å². The van der Waals surface area contributed by atoms with Gasteiger partial charge in [-0.05, 0) is 55.7 Å². The first-order valence-electron chi connectivity index (χ1n) is 7.84. The van der Waals surface area contributed by atoms with Crippen LogP contribution in [-0.4, -0.2) is 43.4 Å². The molecular formula is C18H25NO2S. The summed E-state index contributed by atoms with van der Waals surface area (Å²) in [5.74, 6) is 0.132. The molecule has 1 saturated heterocycles. The first-order chi connectivity index (χ1) is 10.7. The lowest BCUT2D eigenvalue weighted by Crippen LogP contribution is -2.39. The molecule has 0 N–H and O–H groups in total. The lowest BCUT2D eigenvalue weighted by Gasteiger charge is -2.30. The zero-order valence-electron chi connectivity index (χ0n) is 13.5. The minimum absolute atomic E-state index is 0.132. The van der Waals surface area contributed by atoms with Gasteiger partial charge in [-0.3, -0.25) is 4.79 Å². The Balaban J connectivity index is 1.71. The molecule has 0 bridgehead atoms. The monoisotopic (exact) mass is 319 g/mol. The predicted octanol–water partition coefficient (Wildman–Crippen LogP) is 3.53. The first kappa shape index (κ1) is 17.1. The van der Waals surface area contributed by atoms with Gasteiger partial charge in [0.25, 0.3) is 0 Å². The highest BCUT2D eigenvalue weighted by molar-refractivity contribution is 7.98. The number of nitrogens with zero attached hydrogens (tertiary/aromatic N) is 1. The molecule has 4 heteroatoms. The van der Waals surface area contributed by atoms with Gasteiger partial charge >= 0.3 is 0 Å². The summed E-state index contributed by atoms with van der Waals surface area (Å²) in [4.78, 5) is 15.3. The Bertz CT molecular complexity index is 490. The van der Waals surface area contributed by atoms with E-state index in [1.165, 1.54) is 10.5 Å². The number of hydrogen-bond donors (Lipinski definition) is 0. The number of likely N-dealkylation sites (tertiary alicyclic amines) is 1. The Kier molecular flexibility index (Phi) is 7.00. The molecule has 1 amide bonds. The van der Waals surface area contributed by atoms with Crippen molar-refractivity contribution in [2.24, 2.45) is 0 Å². The Morgan fingerprint density at radius 1 is 1.32 bits per heavy atom. The van der Waals surface area contributed by atoms with E-state index in [9.17, 15) is 4.79 Å². The molecule has 1 aliphatic rings. The standard InChI is InChI=1S/C18H25NO2S/c1-21-16-11-13-19(14-12-16)18(20)6-4-3-5-15-7-9-17(22-2)10-8-15/h4,6-10,16H,3,5,11-14H2,1-2H3/b6-4+. The highest BCUT2D eigenvalue weighted by Crippen LogP contribution is 2.16. The normalized spacial score (nSPS) is 16.4. The molecule has 3 nitrogen and oxygen atoms in total. The molecule has 1 heterocycles. The Morgan fingerprint density at radius 3 is 2.59 bits per heavy atom. The minimum atomic E-state index is 0.132. The average Bonchev–Trinajstić information content (AvgIpc) is 2.59. The number of piperidine rings is 1. The summed E-state index contributed by atoms with van der Waals surface area (Å²) in [6.45, 7) is 1.61. The van der Waals surface area contributed by atoms with Gasteiger partial charge in [0.1, 0.15) is 0 Å². The number of allylic oxidation sites excluding steroid dienone is 1. The molecule has 1 fully saturated rings. The van der Waals surface area contributed by atoms with Crippen LogP contribution in [0.15, 0.2) is 41.3 Å². The number of amides is 1. The van der Waals surface area contributed by atoms with Gasteiger partial charge in [0, 0.05) is 25.1 Å². The third-order valence-corrected chi connectivity index (χ3v) is 4.85. The van der Waals surface area contributed by atoms with Crippen molar-refractivity contribution in [3.05, 3.63) is 42.0 Å². The van der Waals surface area contributed by atoms with Crippen LogP contribution in [0.4, 0.5) is 0 Å². The number of benzene rings is 1. The second kappa shape index (κ2) is 9.01. The van der Waals surface area contributed by atoms with Gasteiger partial charge in [0.05, 0.1) is 6.10 Å². The fourth-order valence-electron chi connectivity index (χ4n) is 2.64. The van der Waals surface area contributed by atoms with Crippen molar-refractivity contribution in [1.29, 1.82) is 0 Å². The molecule has 0 unspecified atom stereocenters. The number of carbonyl (C=O) groups excluding carboxylic acids is 1. The number of thioether (sulfide) groups is 1. The predicted molar refractivity (Wildman–Crippen MR) is 92.3 cm³/mol. The van der Waals surface area contributed by atoms with Crippen molar-refractivity contribution in [1.82, 2.24) is 4.90 Å². The summed E-state index contributed by atoms with van der Waals surface area (Å²) in [7, 11) is 1.74. The largest absolute Gasteiger partial charge is 0.381 e. The van der Waals surface area contributed by atoms with Crippen molar-refractivity contribution < 1.29 is 9.53 Å². The summed E-state index contributed by atoms with van der Waals surface area (Å²) in [6, 6.07) is 8.62. The summed E-state index contributed by atoms with van der Waals surface area (Å²) in [5, 5.41) is 0. The van der Waals surface area contributed by atoms with Crippen LogP contribution in [-0.2, 0) is 16.0 Å². The molecule has 2 rings (SSSR count). The van der Waals surface area contributed by atoms with Crippen molar-refractivity contribution >= 4 is 17.7 Å². The van der Waals surface area contributed by atoms with E-state index in [1.807, 2.05) is 11.0 Å². The molecule has 120 valence electrons. The van der Waals surface area contributed by atoms with Crippen molar-refractivity contribution in [3.63, 3.8) is 0 Å². The topological polar surface area (TPSA) is 29.5 Å². The maximum Gasteiger partial charge on any atom is 0.246 e. The molecule has 0 aromatic heterocycles. The van der Waals surface area contributed by atoms with Gasteiger partial charge in [-0.25, -0.2) is 0 Å². The summed E-state index contributed by atoms with van der Waals surface area (Å²) in [5.41, 5.74) is 1.32. The van der Waals surface area contributed by atoms with Gasteiger partial charge in [-0.2, -0.15) is 0 Å². The van der Waals surface area contributed by atoms with Crippen LogP contribution < -0.4 is 0 Å². The molecule has 0 spiro atoms. The molecule has 0 radical (unpaired) electrons. The van der Waals surface area contributed by atoms with Gasteiger partial charge in [0.2, 0.25) is 5.91 Å². The zero-order chi connectivity index (χ0) is 15.8. The molecule has 0 atom stereocenters. The molecule has 1 aromatic carbocycles. The minimum Gasteiger partial charge on any atom is -0.381 e. The Hall–Kier alpha value is -1.26. The fraction of sp³-hybridized carbons (Fsp3) is 0.500. The van der Waals surface area contributed by atoms with E-state index >= 15 is 0 Å². The van der Waals surface area contributed by atoms with Crippen LogP contribution in [0.3, 0.4) is 0 Å². The van der Waals surface area contributed by atoms with Crippen LogP contribution in [0.25, 0.3) is 0 Å². The van der Waals surface area contributed by atoms with E-state index in [-0.39, 0.29) is 5.91 Å². The quantitative estimate of drug-likeness (QED) is 0.593. The maximum absolute atomic E-state index is 12.1. The van der Waals surface area contributed by atoms with E-state index in [0.717, 1.165) is 38.8 Å². The Morgan fingerprint density at radius 2 is 2.00 bits per heavy atom. The zero-order valence-corrected chi connectivity index (χ0v) is 14.3. The van der Waals surface area contributed by atoms with Gasteiger partial charge in [-0.1, -0.05) is 18.2 Å². The third kappa shape index (κ3) is 5.18. The summed E-state index contributed by atoms with van der Waals surface area (Å²) in [6.07, 6.45) is 9.88. The number of ether oxygens (including phenoxy) is 1. The number of methoxy groups -OCH3 is 1. The lowest BCUT2D eigenvalue weighted by atomic mass is 10.1. The van der Waals surface area contributed by atoms with E-state index in [1.54, 1.807) is 24.9 Å². The van der Waals surface area contributed by atoms with E-state index in [0.29, 0.717) is 6.10 Å². The van der Waals surface area contributed by atoms with E-state index in [2.05, 4.69) is 30.5 Å². The van der Waals surface area contributed by atoms with Gasteiger partial charge < -0.3 is 9.64 Å². The molecule has 22 heavy (non-hydrogen) atoms. The number of carbonyl (C=O) groups is 1. The smallest absolute Gasteiger partial charge is 0.246 e. The van der Waals surface area contributed by atoms with Crippen LogP contribution in [0.1, 0.15) is 24.8 Å². The molecule has 1 aliphatic heterocycles. The second-order valence-corrected chi connectivity index (χ2v) is 6.43. The van der Waals surface area contributed by atoms with Crippen molar-refractivity contribution in [2.75, 3.05) is 26.5 Å². The lowest BCUT2D eigenvalue weighted by molar-refractivity contribution is -0.128. The summed E-state index contributed by atoms with van der Waals surface area (Å²) >= 11 is 1.75. The highest BCUT2D eigenvalue weighted by Gasteiger charge is 2.20. The van der Waals surface area contributed by atoms with Gasteiger partial charge in [0.15, 0.2) is 0 Å². The van der Waals surface area contributed by atoms with Crippen LogP contribution in [0.5, 0.6) is 0 Å². The van der Waals surface area contributed by atoms with Crippen molar-refractivity contribution in [2.45, 2.75) is 36.7 Å². The van der Waals surface area contributed by atoms with E-state index < -0.39 is 0 Å². The highest BCUT2D eigenvalue weighted by atomic mass is 32.2. The first-order valence-corrected chi connectivity index (χ1v) is 9.06. The average molecular weight is 319 g/mol. The van der Waals surface area contributed by atoms with Crippen molar-refractivity contribution in [3.8, 4) is 0 Å². The third-order valence-electron chi connectivity index (χ3n) is 4.11. The maximum atomic E-state index is 12.1. The second-order valence-electron chi connectivity index (χ2n) is 5.55. The molecule has 0 aliphatic carbocycles. The molecule has 0 saturated carbocycles. The number of aryl methyl sites for hydroxylation is 1. The van der Waals surface area contributed by atoms with Gasteiger partial charge in [-0.15, -0.1) is 11.8 Å². The van der Waals surface area contributed by atoms with Crippen LogP contribution >= 0.6 is 11.8 Å².